The number of nitrogens with one attached hydrogen (secondary N) is 3. The minimum absolute atomic E-state index is 0. The van der Waals surface area contributed by atoms with Crippen molar-refractivity contribution in [1.29, 1.82) is 10.8 Å². The molecule has 0 atom stereocenters. The number of H-pyrrole nitrogens is 1. The van der Waals surface area contributed by atoms with Gasteiger partial charge in [-0.15, -0.1) is 24.8 Å². The lowest BCUT2D eigenvalue weighted by atomic mass is 10.0. The largest absolute Gasteiger partial charge is 0.384 e. The number of hydrogen-bond acceptors (Lipinski definition) is 2. The number of hydrogen-bond donors (Lipinski definition) is 5. The van der Waals surface area contributed by atoms with Crippen LogP contribution in [0.15, 0.2) is 48.5 Å². The molecular weight excluding hydrogens is 333 g/mol. The molecule has 0 bridgehead atoms. The van der Waals surface area contributed by atoms with Gasteiger partial charge in [0.15, 0.2) is 0 Å². The van der Waals surface area contributed by atoms with Crippen LogP contribution in [0.4, 0.5) is 0 Å². The van der Waals surface area contributed by atoms with Crippen molar-refractivity contribution in [3.63, 3.8) is 0 Å². The van der Waals surface area contributed by atoms with Gasteiger partial charge in [0.25, 0.3) is 0 Å². The van der Waals surface area contributed by atoms with Crippen LogP contribution in [0, 0.1) is 10.8 Å². The van der Waals surface area contributed by atoms with Crippen molar-refractivity contribution < 1.29 is 0 Å². The van der Waals surface area contributed by atoms with Gasteiger partial charge >= 0.3 is 0 Å². The number of fused-ring (bicyclic) bond motifs is 1. The minimum Gasteiger partial charge on any atom is -0.384 e. The van der Waals surface area contributed by atoms with Gasteiger partial charge in [-0.05, 0) is 23.8 Å². The van der Waals surface area contributed by atoms with Crippen LogP contribution in [0.3, 0.4) is 0 Å². The Kier molecular flexibility index (Phi) is 5.79. The predicted molar refractivity (Wildman–Crippen MR) is 100 cm³/mol. The van der Waals surface area contributed by atoms with E-state index in [1.54, 1.807) is 12.1 Å². The van der Waals surface area contributed by atoms with E-state index in [1.165, 1.54) is 0 Å². The van der Waals surface area contributed by atoms with Crippen LogP contribution in [0.5, 0.6) is 0 Å². The summed E-state index contributed by atoms with van der Waals surface area (Å²) in [6.07, 6.45) is 0. The fourth-order valence-corrected chi connectivity index (χ4v) is 2.39. The highest BCUT2D eigenvalue weighted by atomic mass is 35.5. The SMILES string of the molecule is Cl.Cl.N=C(N)c1cc(C(=N)N)c2cc(-c3ccccc3)[nH]c2c1. The average Bonchev–Trinajstić information content (AvgIpc) is 2.90. The van der Waals surface area contributed by atoms with Crippen LogP contribution in [-0.4, -0.2) is 16.7 Å². The zero-order chi connectivity index (χ0) is 15.0. The Morgan fingerprint density at radius 2 is 1.52 bits per heavy atom. The summed E-state index contributed by atoms with van der Waals surface area (Å²) in [6, 6.07) is 15.3. The molecular formula is C16H17Cl2N5. The standard InChI is InChI=1S/C16H15N5.2ClH/c17-15(18)10-6-12(16(19)20)11-8-13(21-14(11)7-10)9-4-2-1-3-5-9;;/h1-8,21H,(H3,17,18)(H3,19,20);2*1H. The van der Waals surface area contributed by atoms with Crippen LogP contribution in [0.2, 0.25) is 0 Å². The smallest absolute Gasteiger partial charge is 0.123 e. The highest BCUT2D eigenvalue weighted by molar-refractivity contribution is 6.11. The first-order valence-corrected chi connectivity index (χ1v) is 6.47. The van der Waals surface area contributed by atoms with Gasteiger partial charge in [0.05, 0.1) is 0 Å². The Hall–Kier alpha value is -2.50. The molecule has 3 aromatic rings. The molecule has 3 rings (SSSR count). The predicted octanol–water partition coefficient (Wildman–Crippen LogP) is 3.25. The molecule has 23 heavy (non-hydrogen) atoms. The van der Waals surface area contributed by atoms with Gasteiger partial charge in [-0.1, -0.05) is 30.3 Å². The lowest BCUT2D eigenvalue weighted by molar-refractivity contribution is 1.40. The summed E-state index contributed by atoms with van der Waals surface area (Å²) >= 11 is 0. The van der Waals surface area contributed by atoms with Crippen LogP contribution in [0.25, 0.3) is 22.2 Å². The number of rotatable bonds is 3. The number of nitrogens with two attached hydrogens (primary N) is 2. The van der Waals surface area contributed by atoms with Crippen LogP contribution < -0.4 is 11.5 Å². The summed E-state index contributed by atoms with van der Waals surface area (Å²) in [7, 11) is 0. The lowest BCUT2D eigenvalue weighted by Gasteiger charge is -2.04. The van der Waals surface area contributed by atoms with Crippen molar-refractivity contribution in [2.45, 2.75) is 0 Å². The molecule has 7 heteroatoms. The second kappa shape index (κ2) is 7.17. The molecule has 0 unspecified atom stereocenters. The molecule has 0 aliphatic carbocycles. The lowest BCUT2D eigenvalue weighted by Crippen LogP contribution is -2.15. The minimum atomic E-state index is -0.0461. The maximum Gasteiger partial charge on any atom is 0.123 e. The third-order valence-electron chi connectivity index (χ3n) is 3.42. The van der Waals surface area contributed by atoms with Gasteiger partial charge in [0.2, 0.25) is 0 Å². The van der Waals surface area contributed by atoms with Crippen molar-refractivity contribution in [2.75, 3.05) is 0 Å². The van der Waals surface area contributed by atoms with Crippen LogP contribution in [-0.2, 0) is 0 Å². The summed E-state index contributed by atoms with van der Waals surface area (Å²) in [5, 5.41) is 16.1. The zero-order valence-corrected chi connectivity index (χ0v) is 13.7. The van der Waals surface area contributed by atoms with Crippen molar-refractivity contribution in [1.82, 2.24) is 4.98 Å². The molecule has 0 saturated heterocycles. The van der Waals surface area contributed by atoms with E-state index in [1.807, 2.05) is 36.4 Å². The van der Waals surface area contributed by atoms with E-state index in [2.05, 4.69) is 4.98 Å². The van der Waals surface area contributed by atoms with E-state index < -0.39 is 0 Å². The summed E-state index contributed by atoms with van der Waals surface area (Å²) in [5.74, 6) is -0.0861. The topological polar surface area (TPSA) is 116 Å². The molecule has 0 spiro atoms. The highest BCUT2D eigenvalue weighted by Crippen LogP contribution is 2.27. The monoisotopic (exact) mass is 349 g/mol. The first kappa shape index (κ1) is 18.5. The molecule has 2 aromatic carbocycles. The van der Waals surface area contributed by atoms with E-state index in [0.717, 1.165) is 22.2 Å². The van der Waals surface area contributed by atoms with Gasteiger partial charge in [0.1, 0.15) is 11.7 Å². The number of halogens is 2. The van der Waals surface area contributed by atoms with E-state index in [-0.39, 0.29) is 36.5 Å². The van der Waals surface area contributed by atoms with Crippen molar-refractivity contribution >= 4 is 47.4 Å². The summed E-state index contributed by atoms with van der Waals surface area (Å²) < 4.78 is 0. The van der Waals surface area contributed by atoms with E-state index in [9.17, 15) is 0 Å². The molecule has 7 N–H and O–H groups in total. The number of benzene rings is 2. The molecule has 0 aliphatic rings. The second-order valence-corrected chi connectivity index (χ2v) is 4.86. The third-order valence-corrected chi connectivity index (χ3v) is 3.42. The Bertz CT molecular complexity index is 856. The summed E-state index contributed by atoms with van der Waals surface area (Å²) in [5.41, 5.74) is 15.1. The average molecular weight is 350 g/mol. The van der Waals surface area contributed by atoms with Crippen molar-refractivity contribution in [3.8, 4) is 11.3 Å². The van der Waals surface area contributed by atoms with Crippen LogP contribution >= 0.6 is 24.8 Å². The normalized spacial score (nSPS) is 9.74. The second-order valence-electron chi connectivity index (χ2n) is 4.86. The molecule has 5 nitrogen and oxygen atoms in total. The summed E-state index contributed by atoms with van der Waals surface area (Å²) in [4.78, 5) is 3.30. The molecule has 0 fully saturated rings. The fourth-order valence-electron chi connectivity index (χ4n) is 2.39. The maximum atomic E-state index is 7.72. The molecule has 1 heterocycles. The van der Waals surface area contributed by atoms with E-state index in [4.69, 9.17) is 22.3 Å². The Morgan fingerprint density at radius 1 is 0.870 bits per heavy atom. The quantitative estimate of drug-likeness (QED) is 0.368. The third kappa shape index (κ3) is 3.47. The van der Waals surface area contributed by atoms with Gasteiger partial charge in [0, 0.05) is 27.7 Å². The van der Waals surface area contributed by atoms with Crippen molar-refractivity contribution in [2.24, 2.45) is 11.5 Å². The number of aromatic nitrogens is 1. The molecule has 0 aliphatic heterocycles. The van der Waals surface area contributed by atoms with Crippen molar-refractivity contribution in [3.05, 3.63) is 59.7 Å². The van der Waals surface area contributed by atoms with E-state index in [0.29, 0.717) is 11.1 Å². The Morgan fingerprint density at radius 3 is 2.09 bits per heavy atom. The number of nitrogen functional groups attached to an aromatic ring is 2. The summed E-state index contributed by atoms with van der Waals surface area (Å²) in [6.45, 7) is 0. The number of amidine groups is 2. The molecule has 0 amide bonds. The first-order valence-electron chi connectivity index (χ1n) is 6.47. The Labute approximate surface area is 145 Å². The fraction of sp³-hybridized carbons (Fsp3) is 0. The van der Waals surface area contributed by atoms with Gasteiger partial charge in [-0.3, -0.25) is 10.8 Å². The molecule has 120 valence electrons. The maximum absolute atomic E-state index is 7.72. The molecule has 0 saturated carbocycles. The van der Waals surface area contributed by atoms with Gasteiger partial charge in [-0.2, -0.15) is 0 Å². The zero-order valence-electron chi connectivity index (χ0n) is 12.1. The van der Waals surface area contributed by atoms with E-state index >= 15 is 0 Å². The molecule has 1 aromatic heterocycles. The first-order chi connectivity index (χ1) is 10.1. The Balaban J connectivity index is 0.00000132. The molecule has 0 radical (unpaired) electrons. The number of aromatic amines is 1. The van der Waals surface area contributed by atoms with Gasteiger partial charge in [-0.25, -0.2) is 0 Å². The van der Waals surface area contributed by atoms with Crippen LogP contribution in [0.1, 0.15) is 11.1 Å². The van der Waals surface area contributed by atoms with Gasteiger partial charge < -0.3 is 16.5 Å². The highest BCUT2D eigenvalue weighted by Gasteiger charge is 2.12.